The number of fused-ring (bicyclic) bond motifs is 3. The lowest BCUT2D eigenvalue weighted by Gasteiger charge is -2.20. The van der Waals surface area contributed by atoms with Crippen molar-refractivity contribution in [1.29, 1.82) is 0 Å². The largest absolute Gasteiger partial charge is 0.417 e. The molecule has 0 unspecified atom stereocenters. The minimum atomic E-state index is -5.12. The quantitative estimate of drug-likeness (QED) is 0.165. The van der Waals surface area contributed by atoms with Crippen LogP contribution in [0.3, 0.4) is 0 Å². The number of hydrogen-bond acceptors (Lipinski definition) is 3. The van der Waals surface area contributed by atoms with E-state index in [0.29, 0.717) is 22.9 Å². The molecule has 0 saturated heterocycles. The number of hydrogen-bond donors (Lipinski definition) is 0. The maximum Gasteiger partial charge on any atom is 0.417 e. The number of nitrogens with zero attached hydrogens (tertiary/aromatic N) is 4. The Labute approximate surface area is 312 Å². The molecule has 2 aromatic heterocycles. The van der Waals surface area contributed by atoms with Crippen LogP contribution in [0.15, 0.2) is 140 Å². The molecule has 0 radical (unpaired) electrons. The van der Waals surface area contributed by atoms with Gasteiger partial charge in [-0.1, -0.05) is 118 Å². The smallest absolute Gasteiger partial charge is 0.309 e. The minimum absolute atomic E-state index is 0.00445. The highest BCUT2D eigenvalue weighted by atomic mass is 19.4. The predicted molar refractivity (Wildman–Crippen MR) is 205 cm³/mol. The zero-order chi connectivity index (χ0) is 38.7. The standard InChI is InChI=1S/C45H32F6N4/c1-43(2,3)29-19-23-39-35(24-29)34-16-10-11-17-38(34)55(39)31-20-22-32(33-21-18-30(44(46,47)48)25-37(33)45(49,50)51)36(26-31)42-53-40(27-12-6-4-7-13-27)52-41(54-42)28-14-8-5-9-15-28/h4-26H,1-3H3. The summed E-state index contributed by atoms with van der Waals surface area (Å²) in [7, 11) is 0. The summed E-state index contributed by atoms with van der Waals surface area (Å²) >= 11 is 0. The van der Waals surface area contributed by atoms with Gasteiger partial charge in [-0.15, -0.1) is 0 Å². The highest BCUT2D eigenvalue weighted by Gasteiger charge is 2.39. The summed E-state index contributed by atoms with van der Waals surface area (Å²) in [6, 6.07) is 38.9. The van der Waals surface area contributed by atoms with Gasteiger partial charge in [-0.05, 0) is 64.6 Å². The fourth-order valence-electron chi connectivity index (χ4n) is 6.93. The lowest BCUT2D eigenvalue weighted by atomic mass is 9.86. The Kier molecular flexibility index (Phi) is 8.59. The molecule has 55 heavy (non-hydrogen) atoms. The average Bonchev–Trinajstić information content (AvgIpc) is 3.51. The SMILES string of the molecule is CC(C)(C)c1ccc2c(c1)c1ccccc1n2-c1ccc(-c2ccc(C(F)(F)F)cc2C(F)(F)F)c(-c2nc(-c3ccccc3)nc(-c3ccccc3)n2)c1. The molecule has 0 saturated carbocycles. The summed E-state index contributed by atoms with van der Waals surface area (Å²) in [5.74, 6) is 0.597. The van der Waals surface area contributed by atoms with Gasteiger partial charge in [0.25, 0.3) is 0 Å². The topological polar surface area (TPSA) is 43.6 Å². The van der Waals surface area contributed by atoms with Crippen LogP contribution in [-0.2, 0) is 17.8 Å². The third kappa shape index (κ3) is 6.73. The molecule has 0 amide bonds. The van der Waals surface area contributed by atoms with Crippen molar-refractivity contribution in [3.05, 3.63) is 156 Å². The Morgan fingerprint density at radius 1 is 0.436 bits per heavy atom. The number of halogens is 6. The van der Waals surface area contributed by atoms with Gasteiger partial charge >= 0.3 is 12.4 Å². The second-order valence-corrected chi connectivity index (χ2v) is 14.4. The third-order valence-electron chi connectivity index (χ3n) is 9.68. The Morgan fingerprint density at radius 2 is 0.982 bits per heavy atom. The van der Waals surface area contributed by atoms with Crippen molar-refractivity contribution in [1.82, 2.24) is 19.5 Å². The van der Waals surface area contributed by atoms with Crippen LogP contribution in [0.5, 0.6) is 0 Å². The van der Waals surface area contributed by atoms with Gasteiger partial charge in [-0.3, -0.25) is 0 Å². The molecule has 0 atom stereocenters. The zero-order valence-corrected chi connectivity index (χ0v) is 29.8. The van der Waals surface area contributed by atoms with Gasteiger partial charge in [0.2, 0.25) is 0 Å². The second kappa shape index (κ2) is 13.2. The van der Waals surface area contributed by atoms with E-state index in [0.717, 1.165) is 33.4 Å². The number of aromatic nitrogens is 4. The first-order valence-corrected chi connectivity index (χ1v) is 17.5. The van der Waals surface area contributed by atoms with Crippen LogP contribution in [0, 0.1) is 0 Å². The summed E-state index contributed by atoms with van der Waals surface area (Å²) in [4.78, 5) is 14.4. The maximum absolute atomic E-state index is 14.8. The van der Waals surface area contributed by atoms with Crippen LogP contribution < -0.4 is 0 Å². The Hall–Kier alpha value is -6.29. The van der Waals surface area contributed by atoms with Crippen LogP contribution in [-0.4, -0.2) is 19.5 Å². The Bertz CT molecular complexity index is 2650. The van der Waals surface area contributed by atoms with E-state index in [1.165, 1.54) is 6.07 Å². The summed E-state index contributed by atoms with van der Waals surface area (Å²) in [5, 5.41) is 1.97. The van der Waals surface area contributed by atoms with Crippen molar-refractivity contribution >= 4 is 21.8 Å². The molecule has 10 heteroatoms. The molecule has 0 aliphatic rings. The van der Waals surface area contributed by atoms with Crippen molar-refractivity contribution < 1.29 is 26.3 Å². The summed E-state index contributed by atoms with van der Waals surface area (Å²) in [6.07, 6.45) is -10.1. The van der Waals surface area contributed by atoms with E-state index in [1.807, 2.05) is 95.6 Å². The molecule has 0 aliphatic heterocycles. The predicted octanol–water partition coefficient (Wildman–Crippen LogP) is 13.0. The third-order valence-corrected chi connectivity index (χ3v) is 9.68. The van der Waals surface area contributed by atoms with Gasteiger partial charge in [0.15, 0.2) is 17.5 Å². The monoisotopic (exact) mass is 742 g/mol. The maximum atomic E-state index is 14.8. The molecule has 0 fully saturated rings. The summed E-state index contributed by atoms with van der Waals surface area (Å²) in [6.45, 7) is 6.41. The summed E-state index contributed by atoms with van der Waals surface area (Å²) in [5.41, 5.74) is 1.52. The van der Waals surface area contributed by atoms with Crippen LogP contribution in [0.2, 0.25) is 0 Å². The van der Waals surface area contributed by atoms with Crippen molar-refractivity contribution in [2.45, 2.75) is 38.5 Å². The first-order chi connectivity index (χ1) is 26.2. The molecule has 2 heterocycles. The van der Waals surface area contributed by atoms with Crippen molar-refractivity contribution in [2.24, 2.45) is 0 Å². The van der Waals surface area contributed by atoms with E-state index in [-0.39, 0.29) is 40.1 Å². The molecule has 6 aromatic carbocycles. The van der Waals surface area contributed by atoms with E-state index in [4.69, 9.17) is 15.0 Å². The van der Waals surface area contributed by atoms with Crippen molar-refractivity contribution in [3.8, 4) is 51.0 Å². The van der Waals surface area contributed by atoms with E-state index >= 15 is 0 Å². The van der Waals surface area contributed by atoms with Crippen LogP contribution in [0.1, 0.15) is 37.5 Å². The van der Waals surface area contributed by atoms with E-state index < -0.39 is 29.0 Å². The lowest BCUT2D eigenvalue weighted by Crippen LogP contribution is -2.12. The molecule has 0 aliphatic carbocycles. The molecular formula is C45H32F6N4. The van der Waals surface area contributed by atoms with Gasteiger partial charge in [-0.2, -0.15) is 26.3 Å². The summed E-state index contributed by atoms with van der Waals surface area (Å²) < 4.78 is 87.7. The first-order valence-electron chi connectivity index (χ1n) is 17.5. The minimum Gasteiger partial charge on any atom is -0.309 e. The second-order valence-electron chi connectivity index (χ2n) is 14.4. The zero-order valence-electron chi connectivity index (χ0n) is 29.8. The molecule has 274 valence electrons. The molecule has 4 nitrogen and oxygen atoms in total. The Balaban J connectivity index is 1.46. The van der Waals surface area contributed by atoms with Crippen LogP contribution >= 0.6 is 0 Å². The molecule has 8 rings (SSSR count). The highest BCUT2D eigenvalue weighted by molar-refractivity contribution is 6.09. The van der Waals surface area contributed by atoms with Crippen molar-refractivity contribution in [2.75, 3.05) is 0 Å². The molecule has 8 aromatic rings. The van der Waals surface area contributed by atoms with E-state index in [2.05, 4.69) is 32.9 Å². The first kappa shape index (κ1) is 35.7. The van der Waals surface area contributed by atoms with Gasteiger partial charge in [0, 0.05) is 33.2 Å². The van der Waals surface area contributed by atoms with Crippen LogP contribution in [0.25, 0.3) is 72.8 Å². The van der Waals surface area contributed by atoms with Gasteiger partial charge < -0.3 is 4.57 Å². The van der Waals surface area contributed by atoms with Crippen LogP contribution in [0.4, 0.5) is 26.3 Å². The number of para-hydroxylation sites is 1. The highest BCUT2D eigenvalue weighted by Crippen LogP contribution is 2.45. The lowest BCUT2D eigenvalue weighted by molar-refractivity contribution is -0.142. The average molecular weight is 743 g/mol. The molecular weight excluding hydrogens is 711 g/mol. The van der Waals surface area contributed by atoms with E-state index in [1.54, 1.807) is 12.1 Å². The molecule has 0 bridgehead atoms. The molecule has 0 spiro atoms. The number of benzene rings is 6. The fraction of sp³-hybridized carbons (Fsp3) is 0.133. The fourth-order valence-corrected chi connectivity index (χ4v) is 6.93. The molecule has 0 N–H and O–H groups in total. The van der Waals surface area contributed by atoms with Gasteiger partial charge in [-0.25, -0.2) is 15.0 Å². The number of alkyl halides is 6. The van der Waals surface area contributed by atoms with Gasteiger partial charge in [0.1, 0.15) is 0 Å². The Morgan fingerprint density at radius 3 is 1.58 bits per heavy atom. The normalized spacial score (nSPS) is 12.5. The van der Waals surface area contributed by atoms with Gasteiger partial charge in [0.05, 0.1) is 22.2 Å². The number of rotatable bonds is 5. The van der Waals surface area contributed by atoms with E-state index in [9.17, 15) is 26.3 Å². The van der Waals surface area contributed by atoms with Crippen molar-refractivity contribution in [3.63, 3.8) is 0 Å².